The van der Waals surface area contributed by atoms with Crippen LogP contribution in [0.2, 0.25) is 0 Å². The van der Waals surface area contributed by atoms with Gasteiger partial charge in [0.15, 0.2) is 6.73 Å². The Labute approximate surface area is 152 Å². The van der Waals surface area contributed by atoms with Crippen molar-refractivity contribution in [2.75, 3.05) is 27.4 Å². The maximum Gasteiger partial charge on any atom is 0.183 e. The number of rotatable bonds is 12. The van der Waals surface area contributed by atoms with Crippen molar-refractivity contribution in [3.8, 4) is 0 Å². The minimum Gasteiger partial charge on any atom is -0.328 e. The van der Waals surface area contributed by atoms with E-state index < -0.39 is 0 Å². The third kappa shape index (κ3) is 8.85. The van der Waals surface area contributed by atoms with E-state index in [1.807, 2.05) is 0 Å². The molecular formula is C22H46NO+. The Morgan fingerprint density at radius 1 is 0.958 bits per heavy atom. The van der Waals surface area contributed by atoms with E-state index in [9.17, 15) is 0 Å². The summed E-state index contributed by atoms with van der Waals surface area (Å²) in [6.45, 7) is 11.6. The van der Waals surface area contributed by atoms with Crippen LogP contribution in [0.3, 0.4) is 0 Å². The van der Waals surface area contributed by atoms with Crippen LogP contribution in [-0.2, 0) is 4.74 Å². The van der Waals surface area contributed by atoms with Crippen molar-refractivity contribution in [3.63, 3.8) is 0 Å². The summed E-state index contributed by atoms with van der Waals surface area (Å²) in [6, 6.07) is 0. The van der Waals surface area contributed by atoms with E-state index in [4.69, 9.17) is 4.74 Å². The van der Waals surface area contributed by atoms with Gasteiger partial charge in [0, 0.05) is 0 Å². The van der Waals surface area contributed by atoms with Crippen molar-refractivity contribution in [3.05, 3.63) is 0 Å². The first kappa shape index (κ1) is 22.0. The fourth-order valence-electron chi connectivity index (χ4n) is 4.17. The second-order valence-electron chi connectivity index (χ2n) is 9.44. The third-order valence-corrected chi connectivity index (χ3v) is 5.97. The van der Waals surface area contributed by atoms with Crippen molar-refractivity contribution in [1.29, 1.82) is 0 Å². The molecule has 0 saturated heterocycles. The maximum atomic E-state index is 6.47. The van der Waals surface area contributed by atoms with Crippen LogP contribution in [-0.4, -0.2) is 38.0 Å². The lowest BCUT2D eigenvalue weighted by molar-refractivity contribution is -0.911. The Kier molecular flexibility index (Phi) is 10.5. The zero-order chi connectivity index (χ0) is 18.0. The second kappa shape index (κ2) is 11.5. The number of hydrogen-bond acceptors (Lipinski definition) is 1. The molecule has 2 nitrogen and oxygen atoms in total. The van der Waals surface area contributed by atoms with E-state index in [1.54, 1.807) is 0 Å². The molecule has 3 atom stereocenters. The normalized spacial score (nSPS) is 25.4. The van der Waals surface area contributed by atoms with Gasteiger partial charge in [0.05, 0.1) is 26.7 Å². The molecule has 1 saturated carbocycles. The lowest BCUT2D eigenvalue weighted by Crippen LogP contribution is -2.45. The van der Waals surface area contributed by atoms with Crippen LogP contribution in [0, 0.1) is 17.8 Å². The van der Waals surface area contributed by atoms with E-state index in [1.165, 1.54) is 70.8 Å². The molecule has 1 fully saturated rings. The van der Waals surface area contributed by atoms with Crippen LogP contribution in [0.5, 0.6) is 0 Å². The van der Waals surface area contributed by atoms with Gasteiger partial charge in [-0.15, -0.1) is 0 Å². The smallest absolute Gasteiger partial charge is 0.183 e. The highest BCUT2D eigenvalue weighted by Crippen LogP contribution is 2.35. The fraction of sp³-hybridized carbons (Fsp3) is 1.00. The highest BCUT2D eigenvalue weighted by Gasteiger charge is 2.32. The minimum absolute atomic E-state index is 0.486. The molecule has 0 bridgehead atoms. The first-order chi connectivity index (χ1) is 11.4. The van der Waals surface area contributed by atoms with Gasteiger partial charge < -0.3 is 9.22 Å². The van der Waals surface area contributed by atoms with Gasteiger partial charge in [0.25, 0.3) is 0 Å². The molecule has 0 aliphatic heterocycles. The number of hydrogen-bond donors (Lipinski definition) is 0. The lowest BCUT2D eigenvalue weighted by Gasteiger charge is -2.39. The summed E-state index contributed by atoms with van der Waals surface area (Å²) >= 11 is 0. The Morgan fingerprint density at radius 3 is 2.21 bits per heavy atom. The van der Waals surface area contributed by atoms with Gasteiger partial charge in [-0.3, -0.25) is 0 Å². The van der Waals surface area contributed by atoms with E-state index in [2.05, 4.69) is 41.8 Å². The molecular weight excluding hydrogens is 294 g/mol. The number of quaternary nitrogens is 1. The zero-order valence-electron chi connectivity index (χ0n) is 17.7. The van der Waals surface area contributed by atoms with E-state index in [-0.39, 0.29) is 0 Å². The van der Waals surface area contributed by atoms with Crippen LogP contribution < -0.4 is 0 Å². The Hall–Kier alpha value is -0.0800. The minimum atomic E-state index is 0.486. The maximum absolute atomic E-state index is 6.47. The van der Waals surface area contributed by atoms with E-state index in [0.717, 1.165) is 29.0 Å². The van der Waals surface area contributed by atoms with Crippen LogP contribution in [0.15, 0.2) is 0 Å². The van der Waals surface area contributed by atoms with Crippen LogP contribution in [0.25, 0.3) is 0 Å². The van der Waals surface area contributed by atoms with Crippen molar-refractivity contribution in [1.82, 2.24) is 0 Å². The molecule has 24 heavy (non-hydrogen) atoms. The molecule has 0 radical (unpaired) electrons. The van der Waals surface area contributed by atoms with Crippen molar-refractivity contribution in [2.45, 2.75) is 98.0 Å². The van der Waals surface area contributed by atoms with E-state index >= 15 is 0 Å². The summed E-state index contributed by atoms with van der Waals surface area (Å²) in [7, 11) is 4.68. The second-order valence-corrected chi connectivity index (χ2v) is 9.44. The fourth-order valence-corrected chi connectivity index (χ4v) is 4.17. The van der Waals surface area contributed by atoms with Gasteiger partial charge in [-0.2, -0.15) is 0 Å². The van der Waals surface area contributed by atoms with Crippen molar-refractivity contribution in [2.24, 2.45) is 17.8 Å². The number of ether oxygens (including phenoxy) is 1. The molecule has 0 heterocycles. The molecule has 1 rings (SSSR count). The van der Waals surface area contributed by atoms with Crippen LogP contribution >= 0.6 is 0 Å². The predicted molar refractivity (Wildman–Crippen MR) is 106 cm³/mol. The van der Waals surface area contributed by atoms with Gasteiger partial charge in [-0.1, -0.05) is 66.2 Å². The molecule has 0 aromatic carbocycles. The average Bonchev–Trinajstić information content (AvgIpc) is 2.52. The van der Waals surface area contributed by atoms with Gasteiger partial charge in [-0.25, -0.2) is 0 Å². The standard InChI is InChI=1S/C22H46NO/c1-7-8-9-10-11-12-13-16-23(5,6)18-24-22-17-20(4)14-15-21(22)19(2)3/h19-22H,7-18H2,1-6H3/q+1/t20-,21+,22-/m1/s1. The van der Waals surface area contributed by atoms with E-state index in [0.29, 0.717) is 6.10 Å². The summed E-state index contributed by atoms with van der Waals surface area (Å²) in [5, 5.41) is 0. The number of unbranched alkanes of at least 4 members (excludes halogenated alkanes) is 6. The summed E-state index contributed by atoms with van der Waals surface area (Å²) in [6.07, 6.45) is 14.2. The summed E-state index contributed by atoms with van der Waals surface area (Å²) in [5.74, 6) is 2.35. The van der Waals surface area contributed by atoms with Gasteiger partial charge >= 0.3 is 0 Å². The molecule has 1 aliphatic carbocycles. The highest BCUT2D eigenvalue weighted by atomic mass is 16.5. The third-order valence-electron chi connectivity index (χ3n) is 5.97. The first-order valence-electron chi connectivity index (χ1n) is 10.8. The topological polar surface area (TPSA) is 9.23 Å². The Balaban J connectivity index is 2.25. The monoisotopic (exact) mass is 340 g/mol. The summed E-state index contributed by atoms with van der Waals surface area (Å²) in [5.41, 5.74) is 0. The van der Waals surface area contributed by atoms with Crippen molar-refractivity contribution >= 4 is 0 Å². The summed E-state index contributed by atoms with van der Waals surface area (Å²) in [4.78, 5) is 0. The molecule has 2 heteroatoms. The quantitative estimate of drug-likeness (QED) is 0.232. The van der Waals surface area contributed by atoms with Gasteiger partial charge in [0.1, 0.15) is 0 Å². The average molecular weight is 341 g/mol. The Bertz CT molecular complexity index is 313. The van der Waals surface area contributed by atoms with Crippen LogP contribution in [0.4, 0.5) is 0 Å². The number of nitrogens with zero attached hydrogens (tertiary/aromatic N) is 1. The van der Waals surface area contributed by atoms with Gasteiger partial charge in [-0.05, 0) is 43.4 Å². The molecule has 0 amide bonds. The van der Waals surface area contributed by atoms with Crippen molar-refractivity contribution < 1.29 is 9.22 Å². The SMILES string of the molecule is CCCCCCCCC[N+](C)(C)CO[C@@H]1C[C@H](C)CC[C@H]1C(C)C. The first-order valence-corrected chi connectivity index (χ1v) is 10.8. The van der Waals surface area contributed by atoms with Gasteiger partial charge in [0.2, 0.25) is 0 Å². The largest absolute Gasteiger partial charge is 0.328 e. The molecule has 144 valence electrons. The molecule has 0 aromatic heterocycles. The molecule has 0 spiro atoms. The molecule has 0 N–H and O–H groups in total. The van der Waals surface area contributed by atoms with Crippen LogP contribution in [0.1, 0.15) is 91.9 Å². The molecule has 0 unspecified atom stereocenters. The summed E-state index contributed by atoms with van der Waals surface area (Å²) < 4.78 is 7.49. The zero-order valence-corrected chi connectivity index (χ0v) is 17.7. The Morgan fingerprint density at radius 2 is 1.58 bits per heavy atom. The predicted octanol–water partition coefficient (Wildman–Crippen LogP) is 6.25. The highest BCUT2D eigenvalue weighted by molar-refractivity contribution is 4.81. The molecule has 1 aliphatic rings. The lowest BCUT2D eigenvalue weighted by atomic mass is 9.75. The molecule has 0 aromatic rings.